The molecule has 6 heteroatoms. The van der Waals surface area contributed by atoms with Crippen LogP contribution in [-0.2, 0) is 4.74 Å². The largest absolute Gasteiger partial charge is 0.465 e. The predicted octanol–water partition coefficient (Wildman–Crippen LogP) is -0.405. The highest BCUT2D eigenvalue weighted by atomic mass is 16.5. The van der Waals surface area contributed by atoms with Crippen molar-refractivity contribution in [3.05, 3.63) is 0 Å². The van der Waals surface area contributed by atoms with Gasteiger partial charge >= 0.3 is 12.2 Å². The highest BCUT2D eigenvalue weighted by Gasteiger charge is 1.77. The Labute approximate surface area is 58.0 Å². The summed E-state index contributed by atoms with van der Waals surface area (Å²) in [6.07, 6.45) is -1.74. The van der Waals surface area contributed by atoms with Crippen molar-refractivity contribution in [1.82, 2.24) is 5.32 Å². The van der Waals surface area contributed by atoms with E-state index in [0.717, 1.165) is 0 Å². The zero-order chi connectivity index (χ0) is 8.57. The summed E-state index contributed by atoms with van der Waals surface area (Å²) >= 11 is 0. The highest BCUT2D eigenvalue weighted by molar-refractivity contribution is 5.64. The lowest BCUT2D eigenvalue weighted by Gasteiger charge is -1.81. The van der Waals surface area contributed by atoms with Crippen LogP contribution in [0.2, 0.25) is 0 Å². The van der Waals surface area contributed by atoms with Crippen molar-refractivity contribution in [3.63, 3.8) is 0 Å². The molecule has 0 atom stereocenters. The molecular weight excluding hydrogens is 140 g/mol. The molecule has 0 aliphatic carbocycles. The number of carbonyl (C=O) groups excluding carboxylic acids is 1. The third-order valence-corrected chi connectivity index (χ3v) is 0.415. The molecule has 0 saturated heterocycles. The average molecular weight is 150 g/mol. The van der Waals surface area contributed by atoms with E-state index in [0.29, 0.717) is 0 Å². The van der Waals surface area contributed by atoms with Crippen LogP contribution in [0.3, 0.4) is 0 Å². The zero-order valence-corrected chi connectivity index (χ0v) is 5.75. The van der Waals surface area contributed by atoms with Crippen LogP contribution >= 0.6 is 0 Å². The van der Waals surface area contributed by atoms with Gasteiger partial charge in [-0.25, -0.2) is 9.59 Å². The Morgan fingerprint density at radius 1 is 1.60 bits per heavy atom. The SMILES string of the molecule is CNC(=O)O.COC(N)=O. The Morgan fingerprint density at radius 3 is 1.80 bits per heavy atom. The fraction of sp³-hybridized carbons (Fsp3) is 0.500. The van der Waals surface area contributed by atoms with E-state index < -0.39 is 12.2 Å². The van der Waals surface area contributed by atoms with Crippen LogP contribution in [0.5, 0.6) is 0 Å². The van der Waals surface area contributed by atoms with Gasteiger partial charge in [-0.15, -0.1) is 0 Å². The highest BCUT2D eigenvalue weighted by Crippen LogP contribution is 1.55. The number of nitrogens with two attached hydrogens (primary N) is 1. The van der Waals surface area contributed by atoms with Gasteiger partial charge in [0, 0.05) is 7.05 Å². The molecular formula is C4H10N2O4. The van der Waals surface area contributed by atoms with Gasteiger partial charge in [-0.3, -0.25) is 0 Å². The summed E-state index contributed by atoms with van der Waals surface area (Å²) in [5.74, 6) is 0. The van der Waals surface area contributed by atoms with Crippen molar-refractivity contribution in [2.24, 2.45) is 5.73 Å². The van der Waals surface area contributed by atoms with Gasteiger partial charge in [0.2, 0.25) is 0 Å². The first-order valence-electron chi connectivity index (χ1n) is 2.28. The number of amides is 2. The smallest absolute Gasteiger partial charge is 0.404 e. The number of nitrogens with one attached hydrogen (secondary N) is 1. The van der Waals surface area contributed by atoms with Gasteiger partial charge in [-0.05, 0) is 0 Å². The van der Waals surface area contributed by atoms with E-state index in [9.17, 15) is 9.59 Å². The van der Waals surface area contributed by atoms with E-state index in [1.807, 2.05) is 5.32 Å². The molecule has 0 aliphatic heterocycles. The van der Waals surface area contributed by atoms with Gasteiger partial charge in [-0.2, -0.15) is 0 Å². The number of primary amides is 1. The van der Waals surface area contributed by atoms with Crippen molar-refractivity contribution in [3.8, 4) is 0 Å². The lowest BCUT2D eigenvalue weighted by Crippen LogP contribution is -2.13. The van der Waals surface area contributed by atoms with Gasteiger partial charge in [0.05, 0.1) is 7.11 Å². The van der Waals surface area contributed by atoms with Gasteiger partial charge < -0.3 is 20.9 Å². The molecule has 60 valence electrons. The molecule has 2 amide bonds. The average Bonchev–Trinajstić information content (AvgIpc) is 1.89. The van der Waals surface area contributed by atoms with Crippen molar-refractivity contribution < 1.29 is 19.4 Å². The van der Waals surface area contributed by atoms with Gasteiger partial charge in [-0.1, -0.05) is 0 Å². The molecule has 0 aromatic rings. The monoisotopic (exact) mass is 150 g/mol. The normalized spacial score (nSPS) is 6.60. The number of hydrogen-bond acceptors (Lipinski definition) is 3. The van der Waals surface area contributed by atoms with Crippen LogP contribution in [0.4, 0.5) is 9.59 Å². The summed E-state index contributed by atoms with van der Waals surface area (Å²) in [4.78, 5) is 18.6. The molecule has 0 aromatic carbocycles. The lowest BCUT2D eigenvalue weighted by molar-refractivity contribution is 0.182. The van der Waals surface area contributed by atoms with Crippen molar-refractivity contribution in [1.29, 1.82) is 0 Å². The third kappa shape index (κ3) is 31.1. The Bertz CT molecular complexity index is 99.8. The van der Waals surface area contributed by atoms with Crippen LogP contribution in [0.1, 0.15) is 0 Å². The Balaban J connectivity index is 0. The summed E-state index contributed by atoms with van der Waals surface area (Å²) in [5, 5.41) is 9.56. The van der Waals surface area contributed by atoms with Gasteiger partial charge in [0.25, 0.3) is 0 Å². The minimum absolute atomic E-state index is 0.745. The van der Waals surface area contributed by atoms with E-state index in [4.69, 9.17) is 5.11 Å². The van der Waals surface area contributed by atoms with Crippen LogP contribution in [-0.4, -0.2) is 31.5 Å². The number of methoxy groups -OCH3 is 1. The van der Waals surface area contributed by atoms with E-state index >= 15 is 0 Å². The predicted molar refractivity (Wildman–Crippen MR) is 33.7 cm³/mol. The second-order valence-electron chi connectivity index (χ2n) is 1.08. The first kappa shape index (κ1) is 11.4. The van der Waals surface area contributed by atoms with Crippen molar-refractivity contribution in [2.45, 2.75) is 0 Å². The zero-order valence-electron chi connectivity index (χ0n) is 5.75. The summed E-state index contributed by atoms with van der Waals surface area (Å²) in [5.41, 5.74) is 4.43. The number of ether oxygens (including phenoxy) is 1. The van der Waals surface area contributed by atoms with E-state index in [-0.39, 0.29) is 0 Å². The molecule has 6 nitrogen and oxygen atoms in total. The first-order valence-corrected chi connectivity index (χ1v) is 2.28. The molecule has 0 unspecified atom stereocenters. The van der Waals surface area contributed by atoms with E-state index in [2.05, 4.69) is 10.5 Å². The second kappa shape index (κ2) is 7.54. The quantitative estimate of drug-likeness (QED) is 0.437. The maximum absolute atomic E-state index is 9.37. The molecule has 4 N–H and O–H groups in total. The minimum Gasteiger partial charge on any atom is -0.465 e. The molecule has 0 spiro atoms. The molecule has 0 radical (unpaired) electrons. The van der Waals surface area contributed by atoms with Crippen LogP contribution in [0.15, 0.2) is 0 Å². The minimum atomic E-state index is -0.995. The molecule has 0 saturated carbocycles. The Hall–Kier alpha value is -1.46. The Kier molecular flexibility index (Phi) is 8.56. The lowest BCUT2D eigenvalue weighted by atomic mass is 11.1. The molecule has 0 aliphatic rings. The summed E-state index contributed by atoms with van der Waals surface area (Å²) < 4.78 is 3.89. The van der Waals surface area contributed by atoms with Gasteiger partial charge in [0.15, 0.2) is 0 Å². The van der Waals surface area contributed by atoms with Crippen LogP contribution in [0, 0.1) is 0 Å². The number of rotatable bonds is 0. The van der Waals surface area contributed by atoms with Gasteiger partial charge in [0.1, 0.15) is 0 Å². The number of hydrogen-bond donors (Lipinski definition) is 3. The molecule has 0 rings (SSSR count). The molecule has 0 bridgehead atoms. The van der Waals surface area contributed by atoms with Crippen molar-refractivity contribution in [2.75, 3.05) is 14.2 Å². The topological polar surface area (TPSA) is 102 Å². The van der Waals surface area contributed by atoms with Crippen LogP contribution in [0.25, 0.3) is 0 Å². The van der Waals surface area contributed by atoms with E-state index in [1.165, 1.54) is 14.2 Å². The third-order valence-electron chi connectivity index (χ3n) is 0.415. The molecule has 0 aromatic heterocycles. The van der Waals surface area contributed by atoms with Crippen LogP contribution < -0.4 is 11.1 Å². The molecule has 10 heavy (non-hydrogen) atoms. The summed E-state index contributed by atoms with van der Waals surface area (Å²) in [6, 6.07) is 0. The first-order chi connectivity index (χ1) is 4.54. The molecule has 0 fully saturated rings. The standard InChI is InChI=1S/2C2H5NO2/c1-5-2(3)4;1-3-2(4)5/h1H3,(H2,3,4);3H,1H3,(H,4,5). The maximum atomic E-state index is 9.37. The Morgan fingerprint density at radius 2 is 1.80 bits per heavy atom. The number of carboxylic acid groups (broad SMARTS) is 1. The number of carbonyl (C=O) groups is 2. The fourth-order valence-corrected chi connectivity index (χ4v) is 0. The summed E-state index contributed by atoms with van der Waals surface area (Å²) in [7, 11) is 2.57. The van der Waals surface area contributed by atoms with Crippen molar-refractivity contribution >= 4 is 12.2 Å². The maximum Gasteiger partial charge on any atom is 0.404 e. The van der Waals surface area contributed by atoms with E-state index in [1.54, 1.807) is 0 Å². The summed E-state index contributed by atoms with van der Waals surface area (Å²) in [6.45, 7) is 0. The molecule has 0 heterocycles. The fourth-order valence-electron chi connectivity index (χ4n) is 0. The second-order valence-corrected chi connectivity index (χ2v) is 1.08.